The van der Waals surface area contributed by atoms with E-state index in [-0.39, 0.29) is 40.4 Å². The zero-order valence-electron chi connectivity index (χ0n) is 19.8. The molecule has 0 aromatic heterocycles. The van der Waals surface area contributed by atoms with Crippen LogP contribution in [0.25, 0.3) is 0 Å². The first-order chi connectivity index (χ1) is 16.7. The largest absolute Gasteiger partial charge is 0.493 e. The molecule has 0 N–H and O–H groups in total. The predicted octanol–water partition coefficient (Wildman–Crippen LogP) is 4.01. The smallest absolute Gasteiger partial charge is 0.244 e. The number of rotatable bonds is 7. The molecule has 0 spiro atoms. The van der Waals surface area contributed by atoms with Gasteiger partial charge in [0.25, 0.3) is 0 Å². The van der Waals surface area contributed by atoms with Crippen molar-refractivity contribution in [2.24, 2.45) is 5.41 Å². The summed E-state index contributed by atoms with van der Waals surface area (Å²) in [5.41, 5.74) is -0.660. The van der Waals surface area contributed by atoms with Crippen LogP contribution in [-0.4, -0.2) is 81.4 Å². The van der Waals surface area contributed by atoms with Gasteiger partial charge >= 0.3 is 0 Å². The molecule has 7 nitrogen and oxygen atoms in total. The number of para-hydroxylation sites is 1. The first-order valence-electron chi connectivity index (χ1n) is 11.8. The Morgan fingerprint density at radius 1 is 1.00 bits per heavy atom. The number of halogens is 2. The minimum absolute atomic E-state index is 0.0133. The van der Waals surface area contributed by atoms with E-state index < -0.39 is 15.4 Å². The highest BCUT2D eigenvalue weighted by Crippen LogP contribution is 2.39. The van der Waals surface area contributed by atoms with Crippen molar-refractivity contribution in [1.82, 2.24) is 14.1 Å². The molecule has 2 aliphatic heterocycles. The van der Waals surface area contributed by atoms with Crippen LogP contribution in [0.2, 0.25) is 10.0 Å². The normalized spacial score (nSPS) is 22.2. The second-order valence-electron chi connectivity index (χ2n) is 9.46. The Morgan fingerprint density at radius 2 is 1.71 bits per heavy atom. The maximum absolute atomic E-state index is 13.6. The van der Waals surface area contributed by atoms with Crippen molar-refractivity contribution >= 4 is 39.1 Å². The van der Waals surface area contributed by atoms with Crippen molar-refractivity contribution in [1.29, 1.82) is 0 Å². The molecule has 0 saturated carbocycles. The highest BCUT2D eigenvalue weighted by molar-refractivity contribution is 7.89. The SMILES string of the molecule is CN1CCN(C(=O)C[C@]2(COc3ccccc3)CCCN(S(=O)(=O)c3cccc(Cl)c3Cl)C2)CC1. The van der Waals surface area contributed by atoms with Gasteiger partial charge in [0.2, 0.25) is 15.9 Å². The molecule has 2 aliphatic rings. The fourth-order valence-corrected chi connectivity index (χ4v) is 7.07. The van der Waals surface area contributed by atoms with Crippen LogP contribution >= 0.6 is 23.2 Å². The highest BCUT2D eigenvalue weighted by Gasteiger charge is 2.43. The van der Waals surface area contributed by atoms with Crippen LogP contribution in [0, 0.1) is 5.41 Å². The lowest BCUT2D eigenvalue weighted by molar-refractivity contribution is -0.136. The maximum atomic E-state index is 13.6. The second-order valence-corrected chi connectivity index (χ2v) is 12.1. The van der Waals surface area contributed by atoms with E-state index in [0.717, 1.165) is 13.1 Å². The van der Waals surface area contributed by atoms with Gasteiger partial charge in [0, 0.05) is 51.1 Å². The van der Waals surface area contributed by atoms with Gasteiger partial charge in [-0.3, -0.25) is 4.79 Å². The van der Waals surface area contributed by atoms with Gasteiger partial charge in [-0.05, 0) is 44.2 Å². The van der Waals surface area contributed by atoms with Gasteiger partial charge in [-0.15, -0.1) is 0 Å². The summed E-state index contributed by atoms with van der Waals surface area (Å²) >= 11 is 12.4. The predicted molar refractivity (Wildman–Crippen MR) is 138 cm³/mol. The van der Waals surface area contributed by atoms with Gasteiger partial charge in [-0.1, -0.05) is 47.5 Å². The van der Waals surface area contributed by atoms with Crippen LogP contribution in [0.1, 0.15) is 19.3 Å². The van der Waals surface area contributed by atoms with Crippen molar-refractivity contribution in [3.63, 3.8) is 0 Å². The molecular weight excluding hydrogens is 509 g/mol. The van der Waals surface area contributed by atoms with Crippen molar-refractivity contribution in [3.05, 3.63) is 58.6 Å². The third kappa shape index (κ3) is 6.12. The van der Waals surface area contributed by atoms with E-state index >= 15 is 0 Å². The summed E-state index contributed by atoms with van der Waals surface area (Å²) in [6.07, 6.45) is 1.53. The number of carbonyl (C=O) groups is 1. The molecule has 2 heterocycles. The molecule has 2 fully saturated rings. The summed E-state index contributed by atoms with van der Waals surface area (Å²) in [6.45, 7) is 3.76. The maximum Gasteiger partial charge on any atom is 0.244 e. The van der Waals surface area contributed by atoms with Crippen molar-refractivity contribution < 1.29 is 17.9 Å². The number of ether oxygens (including phenoxy) is 1. The number of piperidine rings is 1. The first-order valence-corrected chi connectivity index (χ1v) is 14.0. The zero-order chi connectivity index (χ0) is 25.1. The Labute approximate surface area is 217 Å². The minimum atomic E-state index is -3.91. The van der Waals surface area contributed by atoms with Gasteiger partial charge in [0.1, 0.15) is 10.6 Å². The van der Waals surface area contributed by atoms with Crippen molar-refractivity contribution in [2.75, 3.05) is 52.9 Å². The van der Waals surface area contributed by atoms with Gasteiger partial charge in [0.15, 0.2) is 0 Å². The molecule has 0 bridgehead atoms. The van der Waals surface area contributed by atoms with Gasteiger partial charge < -0.3 is 14.5 Å². The van der Waals surface area contributed by atoms with Crippen LogP contribution in [0.4, 0.5) is 0 Å². The van der Waals surface area contributed by atoms with E-state index in [0.29, 0.717) is 38.2 Å². The molecule has 190 valence electrons. The molecule has 0 unspecified atom stereocenters. The Hall–Kier alpha value is -1.84. The number of piperazine rings is 1. The lowest BCUT2D eigenvalue weighted by Gasteiger charge is -2.43. The number of hydrogen-bond acceptors (Lipinski definition) is 5. The fraction of sp³-hybridized carbons (Fsp3) is 0.480. The molecule has 2 aromatic carbocycles. The lowest BCUT2D eigenvalue weighted by atomic mass is 9.78. The van der Waals surface area contributed by atoms with E-state index in [9.17, 15) is 13.2 Å². The third-order valence-electron chi connectivity index (χ3n) is 6.83. The minimum Gasteiger partial charge on any atom is -0.493 e. The van der Waals surface area contributed by atoms with Gasteiger partial charge in [-0.2, -0.15) is 4.31 Å². The summed E-state index contributed by atoms with van der Waals surface area (Å²) in [6, 6.07) is 14.0. The number of benzene rings is 2. The Kier molecular flexibility index (Phi) is 8.28. The number of sulfonamides is 1. The van der Waals surface area contributed by atoms with Gasteiger partial charge in [0.05, 0.1) is 16.7 Å². The molecular formula is C25H31Cl2N3O4S. The molecule has 4 rings (SSSR count). The molecule has 2 saturated heterocycles. The Balaban J connectivity index is 1.59. The molecule has 10 heteroatoms. The van der Waals surface area contributed by atoms with Crippen molar-refractivity contribution in [3.8, 4) is 5.75 Å². The number of amides is 1. The average Bonchev–Trinajstić information content (AvgIpc) is 2.85. The molecule has 1 atom stereocenters. The van der Waals surface area contributed by atoms with E-state index in [4.69, 9.17) is 27.9 Å². The van der Waals surface area contributed by atoms with E-state index in [1.165, 1.54) is 10.4 Å². The summed E-state index contributed by atoms with van der Waals surface area (Å²) in [5.74, 6) is 0.728. The van der Waals surface area contributed by atoms with E-state index in [2.05, 4.69) is 4.90 Å². The molecule has 0 aliphatic carbocycles. The standard InChI is InChI=1S/C25H31Cl2N3O4S/c1-28-13-15-29(16-14-28)23(31)17-25(19-34-20-7-3-2-4-8-20)11-6-12-30(18-25)35(32,33)22-10-5-9-21(26)24(22)27/h2-5,7-10H,6,11-19H2,1H3/t25-/m1/s1. The third-order valence-corrected chi connectivity index (χ3v) is 9.65. The number of nitrogens with zero attached hydrogens (tertiary/aromatic N) is 3. The molecule has 0 radical (unpaired) electrons. The quantitative estimate of drug-likeness (QED) is 0.531. The first kappa shape index (κ1) is 26.2. The van der Waals surface area contributed by atoms with Crippen LogP contribution in [0.15, 0.2) is 53.4 Å². The summed E-state index contributed by atoms with van der Waals surface area (Å²) < 4.78 is 34.7. The zero-order valence-corrected chi connectivity index (χ0v) is 22.2. The average molecular weight is 541 g/mol. The summed E-state index contributed by atoms with van der Waals surface area (Å²) in [7, 11) is -1.86. The van der Waals surface area contributed by atoms with E-state index in [1.54, 1.807) is 12.1 Å². The van der Waals surface area contributed by atoms with Crippen LogP contribution in [0.3, 0.4) is 0 Å². The van der Waals surface area contributed by atoms with Crippen LogP contribution in [-0.2, 0) is 14.8 Å². The second kappa shape index (κ2) is 11.0. The molecule has 1 amide bonds. The number of hydrogen-bond donors (Lipinski definition) is 0. The summed E-state index contributed by atoms with van der Waals surface area (Å²) in [5, 5.41) is 0.202. The fourth-order valence-electron chi connectivity index (χ4n) is 4.74. The number of carbonyl (C=O) groups excluding carboxylic acids is 1. The molecule has 2 aromatic rings. The number of likely N-dealkylation sites (N-methyl/N-ethyl adjacent to an activating group) is 1. The van der Waals surface area contributed by atoms with Gasteiger partial charge in [-0.25, -0.2) is 8.42 Å². The summed E-state index contributed by atoms with van der Waals surface area (Å²) in [4.78, 5) is 17.4. The van der Waals surface area contributed by atoms with Crippen LogP contribution < -0.4 is 4.74 Å². The topological polar surface area (TPSA) is 70.2 Å². The Morgan fingerprint density at radius 3 is 2.43 bits per heavy atom. The monoisotopic (exact) mass is 539 g/mol. The van der Waals surface area contributed by atoms with E-state index in [1.807, 2.05) is 42.3 Å². The Bertz CT molecular complexity index is 1140. The molecule has 35 heavy (non-hydrogen) atoms. The van der Waals surface area contributed by atoms with Crippen molar-refractivity contribution in [2.45, 2.75) is 24.2 Å². The highest BCUT2D eigenvalue weighted by atomic mass is 35.5. The van der Waals surface area contributed by atoms with Crippen LogP contribution in [0.5, 0.6) is 5.75 Å². The lowest BCUT2D eigenvalue weighted by Crippen LogP contribution is -2.53.